The molecular weight excluding hydrogens is 238 g/mol. The van der Waals surface area contributed by atoms with Crippen LogP contribution in [0.3, 0.4) is 0 Å². The highest BCUT2D eigenvalue weighted by atomic mass is 15.1. The summed E-state index contributed by atoms with van der Waals surface area (Å²) in [6, 6.07) is 2.54. The molecule has 1 aromatic heterocycles. The van der Waals surface area contributed by atoms with Crippen LogP contribution in [-0.4, -0.2) is 35.6 Å². The molecule has 0 unspecified atom stereocenters. The molecule has 0 saturated carbocycles. The zero-order valence-corrected chi connectivity index (χ0v) is 11.8. The molecule has 1 saturated heterocycles. The molecule has 1 aromatic rings. The Morgan fingerprint density at radius 3 is 2.79 bits per heavy atom. The van der Waals surface area contributed by atoms with Gasteiger partial charge in [-0.2, -0.15) is 0 Å². The molecule has 0 atom stereocenters. The Balaban J connectivity index is 1.80. The number of hydrogen-bond donors (Lipinski definition) is 3. The number of aromatic nitrogens is 2. The van der Waals surface area contributed by atoms with Gasteiger partial charge in [-0.15, -0.1) is 0 Å². The van der Waals surface area contributed by atoms with Crippen molar-refractivity contribution >= 4 is 11.6 Å². The van der Waals surface area contributed by atoms with E-state index >= 15 is 0 Å². The second-order valence-corrected chi connectivity index (χ2v) is 5.09. The van der Waals surface area contributed by atoms with Crippen molar-refractivity contribution in [2.24, 2.45) is 0 Å². The first kappa shape index (κ1) is 14.1. The summed E-state index contributed by atoms with van der Waals surface area (Å²) >= 11 is 0. The lowest BCUT2D eigenvalue weighted by Gasteiger charge is -2.24. The fraction of sp³-hybridized carbons (Fsp3) is 0.714. The molecule has 3 N–H and O–H groups in total. The van der Waals surface area contributed by atoms with Gasteiger partial charge in [0.2, 0.25) is 0 Å². The zero-order valence-electron chi connectivity index (χ0n) is 11.8. The summed E-state index contributed by atoms with van der Waals surface area (Å²) in [5, 5.41) is 10.2. The van der Waals surface area contributed by atoms with Crippen LogP contribution in [0.15, 0.2) is 12.4 Å². The van der Waals surface area contributed by atoms with E-state index in [-0.39, 0.29) is 0 Å². The number of anilines is 2. The van der Waals surface area contributed by atoms with Crippen LogP contribution >= 0.6 is 0 Å². The maximum absolute atomic E-state index is 4.30. The maximum atomic E-state index is 4.30. The number of rotatable bonds is 7. The predicted octanol–water partition coefficient (Wildman–Crippen LogP) is 2.24. The number of piperidine rings is 1. The van der Waals surface area contributed by atoms with E-state index in [1.165, 1.54) is 19.3 Å². The Bertz CT molecular complexity index is 363. The second kappa shape index (κ2) is 7.94. The molecule has 0 aromatic carbocycles. The smallest absolute Gasteiger partial charge is 0.131 e. The summed E-state index contributed by atoms with van der Waals surface area (Å²) in [5.41, 5.74) is 0. The van der Waals surface area contributed by atoms with Gasteiger partial charge < -0.3 is 16.0 Å². The molecule has 1 aliphatic rings. The van der Waals surface area contributed by atoms with Crippen molar-refractivity contribution < 1.29 is 0 Å². The van der Waals surface area contributed by atoms with Gasteiger partial charge in [-0.3, -0.25) is 0 Å². The van der Waals surface area contributed by atoms with E-state index in [2.05, 4.69) is 32.8 Å². The summed E-state index contributed by atoms with van der Waals surface area (Å²) in [6.07, 6.45) is 7.64. The van der Waals surface area contributed by atoms with Crippen LogP contribution in [0.1, 0.15) is 39.0 Å². The Morgan fingerprint density at radius 1 is 1.21 bits per heavy atom. The number of hydrogen-bond acceptors (Lipinski definition) is 5. The molecular formula is C14H25N5. The fourth-order valence-electron chi connectivity index (χ4n) is 2.30. The SMILES string of the molecule is CCCCCNc1cc(NC2CCNCC2)ncn1. The van der Waals surface area contributed by atoms with Crippen LogP contribution < -0.4 is 16.0 Å². The summed E-state index contributed by atoms with van der Waals surface area (Å²) in [4.78, 5) is 8.55. The lowest BCUT2D eigenvalue weighted by molar-refractivity contribution is 0.478. The molecule has 1 fully saturated rings. The van der Waals surface area contributed by atoms with Crippen molar-refractivity contribution in [2.75, 3.05) is 30.3 Å². The van der Waals surface area contributed by atoms with Gasteiger partial charge in [0.25, 0.3) is 0 Å². The standard InChI is InChI=1S/C14H25N5/c1-2-3-4-7-16-13-10-14(18-11-17-13)19-12-5-8-15-9-6-12/h10-12,15H,2-9H2,1H3,(H2,16,17,18,19). The third-order valence-corrected chi connectivity index (χ3v) is 3.44. The van der Waals surface area contributed by atoms with E-state index in [0.29, 0.717) is 6.04 Å². The minimum atomic E-state index is 0.532. The molecule has 2 heterocycles. The van der Waals surface area contributed by atoms with Gasteiger partial charge in [0.1, 0.15) is 18.0 Å². The van der Waals surface area contributed by atoms with E-state index in [1.54, 1.807) is 6.33 Å². The Kier molecular flexibility index (Phi) is 5.88. The average Bonchev–Trinajstić information content (AvgIpc) is 2.45. The molecule has 5 heteroatoms. The summed E-state index contributed by atoms with van der Waals surface area (Å²) < 4.78 is 0. The first-order valence-electron chi connectivity index (χ1n) is 7.41. The average molecular weight is 263 g/mol. The summed E-state index contributed by atoms with van der Waals surface area (Å²) in [6.45, 7) is 5.37. The van der Waals surface area contributed by atoms with Crippen LogP contribution in [0.5, 0.6) is 0 Å². The van der Waals surface area contributed by atoms with Crippen LogP contribution in [0.25, 0.3) is 0 Å². The Morgan fingerprint density at radius 2 is 2.00 bits per heavy atom. The van der Waals surface area contributed by atoms with E-state index < -0.39 is 0 Å². The third kappa shape index (κ3) is 5.03. The second-order valence-electron chi connectivity index (χ2n) is 5.09. The van der Waals surface area contributed by atoms with E-state index in [9.17, 15) is 0 Å². The van der Waals surface area contributed by atoms with Crippen molar-refractivity contribution in [1.82, 2.24) is 15.3 Å². The molecule has 0 amide bonds. The van der Waals surface area contributed by atoms with Gasteiger partial charge in [0.15, 0.2) is 0 Å². The van der Waals surface area contributed by atoms with Crippen molar-refractivity contribution in [3.63, 3.8) is 0 Å². The van der Waals surface area contributed by atoms with Crippen molar-refractivity contribution in [3.8, 4) is 0 Å². The minimum Gasteiger partial charge on any atom is -0.370 e. The molecule has 19 heavy (non-hydrogen) atoms. The van der Waals surface area contributed by atoms with Crippen molar-refractivity contribution in [3.05, 3.63) is 12.4 Å². The Hall–Kier alpha value is -1.36. The first-order chi connectivity index (χ1) is 9.38. The highest BCUT2D eigenvalue weighted by Gasteiger charge is 2.13. The lowest BCUT2D eigenvalue weighted by Crippen LogP contribution is -2.35. The molecule has 0 bridgehead atoms. The van der Waals surface area contributed by atoms with Gasteiger partial charge >= 0.3 is 0 Å². The molecule has 0 spiro atoms. The van der Waals surface area contributed by atoms with E-state index in [0.717, 1.165) is 44.1 Å². The Labute approximate surface area is 115 Å². The molecule has 2 rings (SSSR count). The van der Waals surface area contributed by atoms with Gasteiger partial charge in [0, 0.05) is 18.7 Å². The van der Waals surface area contributed by atoms with Crippen LogP contribution in [0.4, 0.5) is 11.6 Å². The predicted molar refractivity (Wildman–Crippen MR) is 79.6 cm³/mol. The van der Waals surface area contributed by atoms with Crippen LogP contribution in [-0.2, 0) is 0 Å². The number of unbranched alkanes of at least 4 members (excludes halogenated alkanes) is 2. The quantitative estimate of drug-likeness (QED) is 0.659. The van der Waals surface area contributed by atoms with Gasteiger partial charge in [-0.1, -0.05) is 19.8 Å². The van der Waals surface area contributed by atoms with Crippen molar-refractivity contribution in [1.29, 1.82) is 0 Å². The zero-order chi connectivity index (χ0) is 13.3. The molecule has 5 nitrogen and oxygen atoms in total. The topological polar surface area (TPSA) is 61.9 Å². The fourth-order valence-corrected chi connectivity index (χ4v) is 2.30. The first-order valence-corrected chi connectivity index (χ1v) is 7.41. The van der Waals surface area contributed by atoms with E-state index in [1.807, 2.05) is 6.07 Å². The molecule has 1 aliphatic heterocycles. The van der Waals surface area contributed by atoms with Gasteiger partial charge in [0.05, 0.1) is 0 Å². The van der Waals surface area contributed by atoms with Crippen LogP contribution in [0, 0.1) is 0 Å². The van der Waals surface area contributed by atoms with Crippen LogP contribution in [0.2, 0.25) is 0 Å². The highest BCUT2D eigenvalue weighted by molar-refractivity contribution is 5.46. The molecule has 106 valence electrons. The molecule has 0 aliphatic carbocycles. The lowest BCUT2D eigenvalue weighted by atomic mass is 10.1. The monoisotopic (exact) mass is 263 g/mol. The number of nitrogens with one attached hydrogen (secondary N) is 3. The van der Waals surface area contributed by atoms with E-state index in [4.69, 9.17) is 0 Å². The van der Waals surface area contributed by atoms with Gasteiger partial charge in [-0.25, -0.2) is 9.97 Å². The molecule has 0 radical (unpaired) electrons. The summed E-state index contributed by atoms with van der Waals surface area (Å²) in [7, 11) is 0. The number of nitrogens with zero attached hydrogens (tertiary/aromatic N) is 2. The normalized spacial score (nSPS) is 16.3. The highest BCUT2D eigenvalue weighted by Crippen LogP contribution is 2.13. The van der Waals surface area contributed by atoms with Crippen molar-refractivity contribution in [2.45, 2.75) is 45.1 Å². The maximum Gasteiger partial charge on any atom is 0.131 e. The third-order valence-electron chi connectivity index (χ3n) is 3.44. The van der Waals surface area contributed by atoms with Gasteiger partial charge in [-0.05, 0) is 32.4 Å². The minimum absolute atomic E-state index is 0.532. The summed E-state index contributed by atoms with van der Waals surface area (Å²) in [5.74, 6) is 1.85. The largest absolute Gasteiger partial charge is 0.370 e.